The second-order valence-electron chi connectivity index (χ2n) is 3.63. The molecule has 0 atom stereocenters. The molecule has 1 aromatic heterocycles. The zero-order valence-electron chi connectivity index (χ0n) is 11.1. The molecule has 0 amide bonds. The van der Waals surface area contributed by atoms with E-state index in [4.69, 9.17) is 15.8 Å². The molecule has 0 aliphatic rings. The smallest absolute Gasteiger partial charge is 0.191 e. The zero-order valence-corrected chi connectivity index (χ0v) is 11.9. The summed E-state index contributed by atoms with van der Waals surface area (Å²) in [5.74, 6) is 6.68. The van der Waals surface area contributed by atoms with Crippen LogP contribution in [0.2, 0.25) is 0 Å². The molecule has 0 saturated heterocycles. The van der Waals surface area contributed by atoms with Crippen molar-refractivity contribution in [1.29, 1.82) is 5.26 Å². The van der Waals surface area contributed by atoms with Gasteiger partial charge in [-0.1, -0.05) is 11.8 Å². The van der Waals surface area contributed by atoms with Crippen molar-refractivity contribution in [3.8, 4) is 6.07 Å². The van der Waals surface area contributed by atoms with Crippen LogP contribution in [-0.4, -0.2) is 43.0 Å². The number of nitrogens with zero attached hydrogens (tertiary/aromatic N) is 4. The van der Waals surface area contributed by atoms with Gasteiger partial charge in [0, 0.05) is 26.3 Å². The van der Waals surface area contributed by atoms with E-state index < -0.39 is 0 Å². The van der Waals surface area contributed by atoms with Gasteiger partial charge >= 0.3 is 0 Å². The zero-order chi connectivity index (χ0) is 14.1. The minimum atomic E-state index is 0.424. The van der Waals surface area contributed by atoms with Crippen LogP contribution in [0.5, 0.6) is 0 Å². The number of hydrazine groups is 1. The summed E-state index contributed by atoms with van der Waals surface area (Å²) in [5.41, 5.74) is 2.52. The highest BCUT2D eigenvalue weighted by molar-refractivity contribution is 7.98. The molecule has 0 aliphatic carbocycles. The third-order valence-corrected chi connectivity index (χ3v) is 2.95. The van der Waals surface area contributed by atoms with Gasteiger partial charge in [0.05, 0.1) is 19.1 Å². The standard InChI is InChI=1S/C11H18N6OS/c1-18-7-6-17(5-3-4-12)10-8-9(16-13)14-11(15-10)19-2/h8H,3,5-7,13H2,1-2H3,(H,14,15,16). The first-order valence-electron chi connectivity index (χ1n) is 5.75. The molecule has 0 aliphatic heterocycles. The number of aromatic nitrogens is 2. The van der Waals surface area contributed by atoms with Gasteiger partial charge in [-0.05, 0) is 6.26 Å². The van der Waals surface area contributed by atoms with Gasteiger partial charge in [0.15, 0.2) is 5.16 Å². The van der Waals surface area contributed by atoms with E-state index in [1.54, 1.807) is 13.2 Å². The molecule has 7 nitrogen and oxygen atoms in total. The minimum Gasteiger partial charge on any atom is -0.383 e. The number of nitrogens with one attached hydrogen (secondary N) is 1. The summed E-state index contributed by atoms with van der Waals surface area (Å²) in [6.07, 6.45) is 2.32. The minimum absolute atomic E-state index is 0.424. The average Bonchev–Trinajstić information content (AvgIpc) is 2.46. The lowest BCUT2D eigenvalue weighted by Gasteiger charge is -2.23. The van der Waals surface area contributed by atoms with E-state index >= 15 is 0 Å². The van der Waals surface area contributed by atoms with Gasteiger partial charge < -0.3 is 15.1 Å². The van der Waals surface area contributed by atoms with E-state index in [2.05, 4.69) is 21.5 Å². The van der Waals surface area contributed by atoms with Crippen LogP contribution in [0, 0.1) is 11.3 Å². The molecule has 3 N–H and O–H groups in total. The van der Waals surface area contributed by atoms with Crippen molar-refractivity contribution in [3.63, 3.8) is 0 Å². The van der Waals surface area contributed by atoms with Crippen LogP contribution >= 0.6 is 11.8 Å². The average molecular weight is 282 g/mol. The van der Waals surface area contributed by atoms with Crippen LogP contribution in [0.25, 0.3) is 0 Å². The molecule has 1 rings (SSSR count). The topological polar surface area (TPSA) is 100 Å². The SMILES string of the molecule is COCCN(CCC#N)c1cc(NN)nc(SC)n1. The Labute approximate surface area is 117 Å². The molecule has 19 heavy (non-hydrogen) atoms. The number of nitriles is 1. The number of nitrogen functional groups attached to an aromatic ring is 1. The van der Waals surface area contributed by atoms with Gasteiger partial charge in [0.25, 0.3) is 0 Å². The van der Waals surface area contributed by atoms with Crippen molar-refractivity contribution in [2.24, 2.45) is 5.84 Å². The maximum Gasteiger partial charge on any atom is 0.191 e. The fourth-order valence-electron chi connectivity index (χ4n) is 1.47. The highest BCUT2D eigenvalue weighted by Crippen LogP contribution is 2.20. The van der Waals surface area contributed by atoms with Gasteiger partial charge in [-0.3, -0.25) is 0 Å². The Morgan fingerprint density at radius 3 is 2.89 bits per heavy atom. The molecule has 1 heterocycles. The molecule has 1 aromatic rings. The van der Waals surface area contributed by atoms with E-state index in [0.29, 0.717) is 37.1 Å². The van der Waals surface area contributed by atoms with Gasteiger partial charge in [-0.15, -0.1) is 0 Å². The predicted octanol–water partition coefficient (Wildman–Crippen LogP) is 0.851. The second kappa shape index (κ2) is 8.53. The summed E-state index contributed by atoms with van der Waals surface area (Å²) in [6.45, 7) is 1.82. The maximum atomic E-state index is 8.71. The Balaban J connectivity index is 2.95. The van der Waals surface area contributed by atoms with Crippen molar-refractivity contribution >= 4 is 23.4 Å². The summed E-state index contributed by atoms with van der Waals surface area (Å²) in [5, 5.41) is 9.34. The summed E-state index contributed by atoms with van der Waals surface area (Å²) in [7, 11) is 1.64. The largest absolute Gasteiger partial charge is 0.383 e. The Kier molecular flexibility index (Phi) is 6.95. The van der Waals surface area contributed by atoms with E-state index in [0.717, 1.165) is 5.82 Å². The normalized spacial score (nSPS) is 10.0. The van der Waals surface area contributed by atoms with Crippen LogP contribution in [0.15, 0.2) is 11.2 Å². The molecular formula is C11H18N6OS. The van der Waals surface area contributed by atoms with Crippen LogP contribution in [0.4, 0.5) is 11.6 Å². The van der Waals surface area contributed by atoms with Crippen molar-refractivity contribution < 1.29 is 4.74 Å². The molecule has 0 bridgehead atoms. The lowest BCUT2D eigenvalue weighted by molar-refractivity contribution is 0.205. The van der Waals surface area contributed by atoms with E-state index in [9.17, 15) is 0 Å². The third kappa shape index (κ3) is 4.90. The number of ether oxygens (including phenoxy) is 1. The third-order valence-electron chi connectivity index (χ3n) is 2.41. The van der Waals surface area contributed by atoms with E-state index in [1.807, 2.05) is 11.2 Å². The highest BCUT2D eigenvalue weighted by atomic mass is 32.2. The van der Waals surface area contributed by atoms with Crippen molar-refractivity contribution in [2.75, 3.05) is 43.4 Å². The number of thioether (sulfide) groups is 1. The van der Waals surface area contributed by atoms with Crippen LogP contribution < -0.4 is 16.2 Å². The first-order valence-corrected chi connectivity index (χ1v) is 6.98. The molecule has 8 heteroatoms. The molecule has 0 spiro atoms. The summed E-state index contributed by atoms with van der Waals surface area (Å²) in [6, 6.07) is 3.89. The Bertz CT molecular complexity index is 413. The predicted molar refractivity (Wildman–Crippen MR) is 75.9 cm³/mol. The van der Waals surface area contributed by atoms with Gasteiger partial charge in [0.1, 0.15) is 11.6 Å². The summed E-state index contributed by atoms with van der Waals surface area (Å²) in [4.78, 5) is 10.6. The second-order valence-corrected chi connectivity index (χ2v) is 4.40. The van der Waals surface area contributed by atoms with Gasteiger partial charge in [-0.25, -0.2) is 15.8 Å². The number of anilines is 2. The van der Waals surface area contributed by atoms with Gasteiger partial charge in [-0.2, -0.15) is 5.26 Å². The van der Waals surface area contributed by atoms with E-state index in [-0.39, 0.29) is 0 Å². The molecule has 0 radical (unpaired) electrons. The lowest BCUT2D eigenvalue weighted by Crippen LogP contribution is -2.29. The maximum absolute atomic E-state index is 8.71. The number of methoxy groups -OCH3 is 1. The highest BCUT2D eigenvalue weighted by Gasteiger charge is 2.11. The first kappa shape index (κ1) is 15.5. The van der Waals surface area contributed by atoms with Crippen molar-refractivity contribution in [1.82, 2.24) is 9.97 Å². The van der Waals surface area contributed by atoms with Crippen LogP contribution in [-0.2, 0) is 4.74 Å². The summed E-state index contributed by atoms with van der Waals surface area (Å²) >= 11 is 1.44. The molecule has 0 fully saturated rings. The number of hydrogen-bond donors (Lipinski definition) is 2. The van der Waals surface area contributed by atoms with Crippen LogP contribution in [0.1, 0.15) is 6.42 Å². The quantitative estimate of drug-likeness (QED) is 0.313. The molecule has 0 saturated carbocycles. The van der Waals surface area contributed by atoms with Crippen LogP contribution in [0.3, 0.4) is 0 Å². The fraction of sp³-hybridized carbons (Fsp3) is 0.545. The van der Waals surface area contributed by atoms with Crippen molar-refractivity contribution in [3.05, 3.63) is 6.07 Å². The Morgan fingerprint density at radius 1 is 1.53 bits per heavy atom. The number of hydrogen-bond acceptors (Lipinski definition) is 8. The molecular weight excluding hydrogens is 264 g/mol. The number of nitrogens with two attached hydrogens (primary N) is 1. The van der Waals surface area contributed by atoms with Crippen molar-refractivity contribution in [2.45, 2.75) is 11.6 Å². The Hall–Kier alpha value is -1.56. The summed E-state index contributed by atoms with van der Waals surface area (Å²) < 4.78 is 5.07. The Morgan fingerprint density at radius 2 is 2.32 bits per heavy atom. The van der Waals surface area contributed by atoms with E-state index in [1.165, 1.54) is 11.8 Å². The number of rotatable bonds is 8. The van der Waals surface area contributed by atoms with Gasteiger partial charge in [0.2, 0.25) is 0 Å². The molecule has 0 unspecified atom stereocenters. The fourth-order valence-corrected chi connectivity index (χ4v) is 1.84. The lowest BCUT2D eigenvalue weighted by atomic mass is 10.3. The molecule has 0 aromatic carbocycles. The molecule has 104 valence electrons. The first-order chi connectivity index (χ1) is 9.24. The monoisotopic (exact) mass is 282 g/mol.